The molecule has 20 heavy (non-hydrogen) atoms. The second-order valence-corrected chi connectivity index (χ2v) is 6.35. The van der Waals surface area contributed by atoms with Gasteiger partial charge in [-0.1, -0.05) is 0 Å². The fourth-order valence-electron chi connectivity index (χ4n) is 2.83. The predicted octanol–water partition coefficient (Wildman–Crippen LogP) is 1.09. The van der Waals surface area contributed by atoms with Crippen LogP contribution in [0.5, 0.6) is 0 Å². The predicted molar refractivity (Wildman–Crippen MR) is 73.3 cm³/mol. The third-order valence-corrected chi connectivity index (χ3v) is 4.48. The van der Waals surface area contributed by atoms with E-state index in [2.05, 4.69) is 10.6 Å². The van der Waals surface area contributed by atoms with Crippen molar-refractivity contribution in [2.24, 2.45) is 11.8 Å². The van der Waals surface area contributed by atoms with Gasteiger partial charge >= 0.3 is 12.0 Å². The zero-order valence-corrected chi connectivity index (χ0v) is 11.9. The minimum absolute atomic E-state index is 0.0384. The highest BCUT2D eigenvalue weighted by Gasteiger charge is 2.40. The standard InChI is InChI=1S/C14H24N2O4/c1-14(20,10-4-5-10)8-15-13(19)16-11-6-2-9(3-7-11)12(17)18/h9-11,20H,2-8H2,1H3,(H,17,18)(H2,15,16,19). The third-order valence-electron chi connectivity index (χ3n) is 4.48. The highest BCUT2D eigenvalue weighted by molar-refractivity contribution is 5.74. The van der Waals surface area contributed by atoms with E-state index < -0.39 is 11.6 Å². The van der Waals surface area contributed by atoms with E-state index in [4.69, 9.17) is 5.11 Å². The quantitative estimate of drug-likeness (QED) is 0.607. The summed E-state index contributed by atoms with van der Waals surface area (Å²) in [4.78, 5) is 22.6. The molecule has 4 N–H and O–H groups in total. The first kappa shape index (κ1) is 15.1. The van der Waals surface area contributed by atoms with Gasteiger partial charge in [-0.05, 0) is 51.4 Å². The molecule has 6 nitrogen and oxygen atoms in total. The van der Waals surface area contributed by atoms with Crippen LogP contribution in [0.1, 0.15) is 45.4 Å². The minimum Gasteiger partial charge on any atom is -0.481 e. The Morgan fingerprint density at radius 2 is 1.75 bits per heavy atom. The van der Waals surface area contributed by atoms with Gasteiger partial charge in [0.25, 0.3) is 0 Å². The minimum atomic E-state index is -0.821. The van der Waals surface area contributed by atoms with Crippen LogP contribution in [0.15, 0.2) is 0 Å². The van der Waals surface area contributed by atoms with Crippen molar-refractivity contribution in [3.05, 3.63) is 0 Å². The molecule has 0 bridgehead atoms. The zero-order valence-electron chi connectivity index (χ0n) is 11.9. The Morgan fingerprint density at radius 3 is 2.25 bits per heavy atom. The van der Waals surface area contributed by atoms with Crippen molar-refractivity contribution in [1.29, 1.82) is 0 Å². The summed E-state index contributed by atoms with van der Waals surface area (Å²) in [5.74, 6) is -0.714. The number of rotatable bonds is 5. The molecule has 6 heteroatoms. The lowest BCUT2D eigenvalue weighted by Crippen LogP contribution is -2.49. The largest absolute Gasteiger partial charge is 0.481 e. The first-order chi connectivity index (χ1) is 9.38. The Bertz CT molecular complexity index is 371. The van der Waals surface area contributed by atoms with Gasteiger partial charge in [0.05, 0.1) is 11.5 Å². The molecule has 2 aliphatic carbocycles. The summed E-state index contributed by atoms with van der Waals surface area (Å²) in [6.45, 7) is 2.01. The fraction of sp³-hybridized carbons (Fsp3) is 0.857. The average Bonchev–Trinajstić information content (AvgIpc) is 3.22. The molecule has 2 fully saturated rings. The molecule has 2 amide bonds. The molecule has 0 saturated heterocycles. The highest BCUT2D eigenvalue weighted by atomic mass is 16.4. The van der Waals surface area contributed by atoms with Crippen molar-refractivity contribution in [3.8, 4) is 0 Å². The van der Waals surface area contributed by atoms with Crippen LogP contribution in [0, 0.1) is 11.8 Å². The maximum absolute atomic E-state index is 11.8. The number of aliphatic hydroxyl groups is 1. The van der Waals surface area contributed by atoms with Gasteiger partial charge in [0, 0.05) is 12.6 Å². The van der Waals surface area contributed by atoms with Crippen LogP contribution in [0.4, 0.5) is 4.79 Å². The zero-order chi connectivity index (χ0) is 14.8. The summed E-state index contributed by atoms with van der Waals surface area (Å²) in [6.07, 6.45) is 4.66. The average molecular weight is 284 g/mol. The topological polar surface area (TPSA) is 98.7 Å². The Labute approximate surface area is 118 Å². The van der Waals surface area contributed by atoms with Crippen LogP contribution >= 0.6 is 0 Å². The molecular weight excluding hydrogens is 260 g/mol. The van der Waals surface area contributed by atoms with Gasteiger partial charge < -0.3 is 20.8 Å². The molecule has 0 aliphatic heterocycles. The second-order valence-electron chi connectivity index (χ2n) is 6.35. The van der Waals surface area contributed by atoms with Crippen LogP contribution in [-0.4, -0.2) is 40.4 Å². The Balaban J connectivity index is 1.66. The second kappa shape index (κ2) is 5.99. The number of hydrogen-bond acceptors (Lipinski definition) is 3. The van der Waals surface area contributed by atoms with E-state index in [1.807, 2.05) is 0 Å². The molecule has 2 saturated carbocycles. The number of urea groups is 1. The van der Waals surface area contributed by atoms with E-state index >= 15 is 0 Å². The van der Waals surface area contributed by atoms with Gasteiger partial charge in [0.2, 0.25) is 0 Å². The van der Waals surface area contributed by atoms with Crippen molar-refractivity contribution in [2.45, 2.75) is 57.1 Å². The van der Waals surface area contributed by atoms with Gasteiger partial charge in [0.15, 0.2) is 0 Å². The van der Waals surface area contributed by atoms with E-state index in [-0.39, 0.29) is 24.5 Å². The van der Waals surface area contributed by atoms with E-state index in [0.29, 0.717) is 31.6 Å². The number of carboxylic acid groups (broad SMARTS) is 1. The summed E-state index contributed by atoms with van der Waals surface area (Å²) >= 11 is 0. The molecule has 0 heterocycles. The number of carbonyl (C=O) groups excluding carboxylic acids is 1. The highest BCUT2D eigenvalue weighted by Crippen LogP contribution is 2.38. The summed E-state index contributed by atoms with van der Waals surface area (Å²) in [5.41, 5.74) is -0.821. The van der Waals surface area contributed by atoms with Gasteiger partial charge in [-0.2, -0.15) is 0 Å². The molecule has 0 aromatic carbocycles. The molecule has 0 aromatic heterocycles. The lowest BCUT2D eigenvalue weighted by molar-refractivity contribution is -0.142. The van der Waals surface area contributed by atoms with Crippen LogP contribution < -0.4 is 10.6 Å². The maximum atomic E-state index is 11.8. The summed E-state index contributed by atoms with van der Waals surface area (Å²) in [5, 5.41) is 24.6. The monoisotopic (exact) mass is 284 g/mol. The van der Waals surface area contributed by atoms with Gasteiger partial charge in [-0.25, -0.2) is 4.79 Å². The molecule has 1 atom stereocenters. The number of carboxylic acids is 1. The molecule has 2 rings (SSSR count). The first-order valence-corrected chi connectivity index (χ1v) is 7.38. The van der Waals surface area contributed by atoms with Crippen molar-refractivity contribution in [1.82, 2.24) is 10.6 Å². The molecule has 0 radical (unpaired) electrons. The number of hydrogen-bond donors (Lipinski definition) is 4. The van der Waals surface area contributed by atoms with Crippen LogP contribution in [0.2, 0.25) is 0 Å². The molecule has 1 unspecified atom stereocenters. The van der Waals surface area contributed by atoms with E-state index in [1.165, 1.54) is 0 Å². The van der Waals surface area contributed by atoms with Crippen LogP contribution in [0.25, 0.3) is 0 Å². The SMILES string of the molecule is CC(O)(CNC(=O)NC1CCC(C(=O)O)CC1)C1CC1. The van der Waals surface area contributed by atoms with Crippen LogP contribution in [-0.2, 0) is 4.79 Å². The number of aliphatic carboxylic acids is 1. The summed E-state index contributed by atoms with van der Waals surface area (Å²) in [6, 6.07) is -0.235. The van der Waals surface area contributed by atoms with Crippen molar-refractivity contribution in [3.63, 3.8) is 0 Å². The maximum Gasteiger partial charge on any atom is 0.315 e. The molecule has 0 spiro atoms. The van der Waals surface area contributed by atoms with Crippen molar-refractivity contribution < 1.29 is 19.8 Å². The number of nitrogens with one attached hydrogen (secondary N) is 2. The number of amides is 2. The van der Waals surface area contributed by atoms with Crippen LogP contribution in [0.3, 0.4) is 0 Å². The lowest BCUT2D eigenvalue weighted by atomic mass is 9.86. The smallest absolute Gasteiger partial charge is 0.315 e. The first-order valence-electron chi connectivity index (χ1n) is 7.38. The van der Waals surface area contributed by atoms with E-state index in [1.54, 1.807) is 6.92 Å². The Kier molecular flexibility index (Phi) is 4.52. The van der Waals surface area contributed by atoms with Crippen molar-refractivity contribution >= 4 is 12.0 Å². The molecular formula is C14H24N2O4. The molecule has 0 aromatic rings. The fourth-order valence-corrected chi connectivity index (χ4v) is 2.83. The van der Waals surface area contributed by atoms with E-state index in [0.717, 1.165) is 12.8 Å². The summed E-state index contributed by atoms with van der Waals surface area (Å²) in [7, 11) is 0. The van der Waals surface area contributed by atoms with Gasteiger partial charge in [-0.15, -0.1) is 0 Å². The molecule has 2 aliphatic rings. The van der Waals surface area contributed by atoms with E-state index in [9.17, 15) is 14.7 Å². The molecule has 114 valence electrons. The Hall–Kier alpha value is -1.30. The number of carbonyl (C=O) groups is 2. The van der Waals surface area contributed by atoms with Gasteiger partial charge in [-0.3, -0.25) is 4.79 Å². The van der Waals surface area contributed by atoms with Gasteiger partial charge in [0.1, 0.15) is 0 Å². The summed E-state index contributed by atoms with van der Waals surface area (Å²) < 4.78 is 0. The third kappa shape index (κ3) is 4.10. The normalized spacial score (nSPS) is 29.3. The lowest BCUT2D eigenvalue weighted by Gasteiger charge is -2.28. The Morgan fingerprint density at radius 1 is 1.15 bits per heavy atom. The van der Waals surface area contributed by atoms with Crippen molar-refractivity contribution in [2.75, 3.05) is 6.54 Å².